The molecule has 0 amide bonds. The van der Waals surface area contributed by atoms with Gasteiger partial charge in [-0.15, -0.1) is 0 Å². The molecule has 8 nitrogen and oxygen atoms in total. The van der Waals surface area contributed by atoms with E-state index >= 15 is 0 Å². The number of aryl methyl sites for hydroxylation is 1. The van der Waals surface area contributed by atoms with Crippen LogP contribution < -0.4 is 14.4 Å². The second-order valence-corrected chi connectivity index (χ2v) is 18.6. The second kappa shape index (κ2) is 15.6. The average molecular weight is 739 g/mol. The number of ether oxygens (including phenoxy) is 2. The molecular weight excluding hydrogens is 680 g/mol. The fraction of sp³-hybridized carbons (Fsp3) is 0.634. The predicted molar refractivity (Wildman–Crippen MR) is 210 cm³/mol. The lowest BCUT2D eigenvalue weighted by Gasteiger charge is -2.57. The summed E-state index contributed by atoms with van der Waals surface area (Å²) in [6, 6.07) is 12.3. The zero-order valence-corrected chi connectivity index (χ0v) is 33.3. The molecular formula is C41H59ClN4O4S. The Kier molecular flexibility index (Phi) is 11.8. The number of likely N-dealkylation sites (N-methyl/N-ethyl adjacent to an activating group) is 1. The fourth-order valence-electron chi connectivity index (χ4n) is 9.23. The molecule has 1 spiro atoms. The smallest absolute Gasteiger partial charge is 0.150 e. The van der Waals surface area contributed by atoms with Crippen LogP contribution in [-0.2, 0) is 27.6 Å². The molecule has 1 saturated heterocycles. The Bertz CT molecular complexity index is 1610. The molecule has 2 aliphatic carbocycles. The van der Waals surface area contributed by atoms with Crippen LogP contribution in [0.3, 0.4) is 0 Å². The third-order valence-electron chi connectivity index (χ3n) is 13.0. The van der Waals surface area contributed by atoms with E-state index in [4.69, 9.17) is 21.1 Å². The fourth-order valence-corrected chi connectivity index (χ4v) is 10.3. The molecule has 2 aromatic carbocycles. The number of halogens is 1. The van der Waals surface area contributed by atoms with Crippen LogP contribution in [0.15, 0.2) is 48.6 Å². The topological polar surface area (TPSA) is 74.3 Å². The van der Waals surface area contributed by atoms with Crippen LogP contribution in [-0.4, -0.2) is 104 Å². The highest BCUT2D eigenvalue weighted by molar-refractivity contribution is 7.83. The first-order valence-electron chi connectivity index (χ1n) is 18.8. The Morgan fingerprint density at radius 2 is 1.96 bits per heavy atom. The van der Waals surface area contributed by atoms with Gasteiger partial charge in [-0.3, -0.25) is 9.69 Å². The largest absolute Gasteiger partial charge is 0.490 e. The Labute approximate surface area is 313 Å². The number of carbonyl (C=O) groups excluding carboxylic acids is 1. The van der Waals surface area contributed by atoms with Gasteiger partial charge in [-0.2, -0.15) is 0 Å². The first-order valence-corrected chi connectivity index (χ1v) is 20.4. The van der Waals surface area contributed by atoms with Crippen molar-refractivity contribution in [2.24, 2.45) is 17.8 Å². The second-order valence-electron chi connectivity index (χ2n) is 16.4. The third kappa shape index (κ3) is 7.72. The maximum Gasteiger partial charge on any atom is 0.150 e. The van der Waals surface area contributed by atoms with E-state index < -0.39 is 16.6 Å². The zero-order valence-electron chi connectivity index (χ0n) is 31.8. The number of benzene rings is 2. The van der Waals surface area contributed by atoms with E-state index in [1.807, 2.05) is 31.4 Å². The monoisotopic (exact) mass is 738 g/mol. The van der Waals surface area contributed by atoms with Crippen molar-refractivity contribution in [2.45, 2.75) is 81.1 Å². The number of carbonyl (C=O) groups is 1. The van der Waals surface area contributed by atoms with Crippen LogP contribution in [0.4, 0.5) is 5.69 Å². The molecule has 0 aromatic heterocycles. The van der Waals surface area contributed by atoms with E-state index in [9.17, 15) is 9.00 Å². The van der Waals surface area contributed by atoms with Crippen molar-refractivity contribution in [3.63, 3.8) is 0 Å². The molecule has 6 rings (SSSR count). The summed E-state index contributed by atoms with van der Waals surface area (Å²) in [6.07, 6.45) is 11.8. The number of hydrogen-bond donors (Lipinski definition) is 1. The van der Waals surface area contributed by atoms with Crippen molar-refractivity contribution in [3.8, 4) is 5.75 Å². The molecule has 5 unspecified atom stereocenters. The summed E-state index contributed by atoms with van der Waals surface area (Å²) in [6.45, 7) is 11.7. The maximum atomic E-state index is 12.5. The number of methoxy groups -OCH3 is 1. The van der Waals surface area contributed by atoms with Crippen LogP contribution in [0, 0.1) is 17.8 Å². The van der Waals surface area contributed by atoms with E-state index in [0.717, 1.165) is 94.0 Å². The van der Waals surface area contributed by atoms with Gasteiger partial charge in [0.25, 0.3) is 0 Å². The quantitative estimate of drug-likeness (QED) is 0.175. The van der Waals surface area contributed by atoms with E-state index in [1.54, 1.807) is 7.05 Å². The van der Waals surface area contributed by atoms with E-state index in [0.29, 0.717) is 24.0 Å². The molecule has 2 aliphatic heterocycles. The molecule has 1 N–H and O–H groups in total. The van der Waals surface area contributed by atoms with Gasteiger partial charge in [0.2, 0.25) is 0 Å². The predicted octanol–water partition coefficient (Wildman–Crippen LogP) is 6.53. The van der Waals surface area contributed by atoms with Gasteiger partial charge in [0.05, 0.1) is 23.3 Å². The molecule has 1 saturated carbocycles. The molecule has 0 radical (unpaired) electrons. The van der Waals surface area contributed by atoms with Crippen LogP contribution in [0.5, 0.6) is 5.75 Å². The van der Waals surface area contributed by atoms with Crippen molar-refractivity contribution in [2.75, 3.05) is 72.5 Å². The molecule has 0 bridgehead atoms. The molecule has 280 valence electrons. The maximum absolute atomic E-state index is 12.5. The Hall–Kier alpha value is -2.27. The number of likely N-dealkylation sites (tertiary alicyclic amines) is 1. The van der Waals surface area contributed by atoms with Crippen molar-refractivity contribution in [1.82, 2.24) is 14.5 Å². The standard InChI is InChI=1S/C41H59ClN4O4S/c1-29(30(2)51(48)43-4)10-8-19-41(49-7,27-45-24-39(3,25-45)44(5)6)36-15-13-33(36)22-46-26-40(18-9-11-32-21-34(42)14-16-35(32)40)28-50-38-17-12-31(23-47)20-37(38)46/h8,12,14,16-17,19-21,23,29-30,33,36,43H,9-11,13,15,18,22,24-28H2,1-7H3/b19-8+/t29?,30?,33?,36?,40-,41-,51?/m0/s1. The molecule has 51 heavy (non-hydrogen) atoms. The summed E-state index contributed by atoms with van der Waals surface area (Å²) in [5, 5.41) is 0.823. The van der Waals surface area contributed by atoms with Crippen LogP contribution in [0.2, 0.25) is 5.02 Å². The first-order chi connectivity index (χ1) is 24.4. The minimum Gasteiger partial charge on any atom is -0.490 e. The first kappa shape index (κ1) is 38.5. The Morgan fingerprint density at radius 3 is 2.63 bits per heavy atom. The van der Waals surface area contributed by atoms with Gasteiger partial charge < -0.3 is 19.3 Å². The Morgan fingerprint density at radius 1 is 1.18 bits per heavy atom. The van der Waals surface area contributed by atoms with Gasteiger partial charge in [0.15, 0.2) is 0 Å². The highest BCUT2D eigenvalue weighted by Crippen LogP contribution is 2.49. The number of nitrogens with zero attached hydrogens (tertiary/aromatic N) is 3. The van der Waals surface area contributed by atoms with Crippen LogP contribution in [0.25, 0.3) is 0 Å². The highest BCUT2D eigenvalue weighted by Gasteiger charge is 2.52. The number of anilines is 1. The number of nitrogens with one attached hydrogen (secondary N) is 1. The van der Waals surface area contributed by atoms with Gasteiger partial charge in [-0.25, -0.2) is 8.93 Å². The molecule has 7 atom stereocenters. The normalized spacial score (nSPS) is 27.4. The highest BCUT2D eigenvalue weighted by atomic mass is 35.5. The van der Waals surface area contributed by atoms with Gasteiger partial charge in [0.1, 0.15) is 17.6 Å². The SMILES string of the molecule is CNS(=O)C(C)C(C)C/C=C/[C@@](CN1CC(C)(N(C)C)C1)(OC)C1CCC1CN1C[C@@]2(CCCc3cc(Cl)ccc32)COc2ccc(C=O)cc21. The lowest BCUT2D eigenvalue weighted by molar-refractivity contribution is -0.120. The molecule has 4 aliphatic rings. The minimum atomic E-state index is -1.07. The number of fused-ring (bicyclic) bond motifs is 3. The van der Waals surface area contributed by atoms with Gasteiger partial charge >= 0.3 is 0 Å². The lowest BCUT2D eigenvalue weighted by atomic mass is 9.63. The van der Waals surface area contributed by atoms with Crippen molar-refractivity contribution < 1.29 is 18.5 Å². The number of aldehydes is 1. The summed E-state index contributed by atoms with van der Waals surface area (Å²) in [5.41, 5.74) is 3.86. The average Bonchev–Trinajstić information content (AvgIpc) is 3.24. The Balaban J connectivity index is 1.31. The molecule has 10 heteroatoms. The zero-order chi connectivity index (χ0) is 36.6. The minimum absolute atomic E-state index is 0.0408. The van der Waals surface area contributed by atoms with E-state index in [2.05, 4.69) is 78.6 Å². The summed E-state index contributed by atoms with van der Waals surface area (Å²) >= 11 is 6.50. The van der Waals surface area contributed by atoms with Gasteiger partial charge in [-0.05, 0) is 133 Å². The number of allylic oxidation sites excluding steroid dienone is 1. The van der Waals surface area contributed by atoms with Crippen molar-refractivity contribution in [1.29, 1.82) is 0 Å². The van der Waals surface area contributed by atoms with Crippen LogP contribution in [0.1, 0.15) is 74.4 Å². The number of hydrogen-bond acceptors (Lipinski definition) is 7. The summed E-state index contributed by atoms with van der Waals surface area (Å²) in [7, 11) is 6.92. The summed E-state index contributed by atoms with van der Waals surface area (Å²) in [4.78, 5) is 19.5. The van der Waals surface area contributed by atoms with E-state index in [1.165, 1.54) is 11.1 Å². The van der Waals surface area contributed by atoms with Crippen molar-refractivity contribution >= 4 is 34.6 Å². The summed E-state index contributed by atoms with van der Waals surface area (Å²) < 4.78 is 28.8. The lowest BCUT2D eigenvalue weighted by Crippen LogP contribution is -2.70. The molecule has 2 heterocycles. The van der Waals surface area contributed by atoms with Crippen molar-refractivity contribution in [3.05, 3.63) is 70.3 Å². The summed E-state index contributed by atoms with van der Waals surface area (Å²) in [5.74, 6) is 1.81. The van der Waals surface area contributed by atoms with Crippen LogP contribution >= 0.6 is 11.6 Å². The van der Waals surface area contributed by atoms with Gasteiger partial charge in [-0.1, -0.05) is 36.7 Å². The molecule has 2 aromatic rings. The number of rotatable bonds is 14. The van der Waals surface area contributed by atoms with Gasteiger partial charge in [0, 0.05) is 66.6 Å². The van der Waals surface area contributed by atoms with E-state index in [-0.39, 0.29) is 22.1 Å². The third-order valence-corrected chi connectivity index (χ3v) is 14.8. The molecule has 2 fully saturated rings.